The molecule has 84 valence electrons. The van der Waals surface area contributed by atoms with E-state index in [-0.39, 0.29) is 5.91 Å². The maximum absolute atomic E-state index is 11.4. The molecule has 4 heteroatoms. The van der Waals surface area contributed by atoms with Crippen molar-refractivity contribution in [2.24, 2.45) is 0 Å². The van der Waals surface area contributed by atoms with Gasteiger partial charge >= 0.3 is 0 Å². The maximum Gasteiger partial charge on any atom is 0.221 e. The van der Waals surface area contributed by atoms with Crippen LogP contribution in [0, 0.1) is 11.3 Å². The second-order valence-corrected chi connectivity index (χ2v) is 3.96. The van der Waals surface area contributed by atoms with Crippen LogP contribution >= 0.6 is 0 Å². The first-order valence-corrected chi connectivity index (χ1v) is 5.70. The molecule has 0 aromatic heterocycles. The van der Waals surface area contributed by atoms with Crippen LogP contribution in [0.5, 0.6) is 0 Å². The van der Waals surface area contributed by atoms with Gasteiger partial charge < -0.3 is 10.6 Å². The first kappa shape index (κ1) is 12.0. The number of hydrogen-bond acceptors (Lipinski definition) is 3. The molecular formula is C11H19N3O. The number of nitrogens with zero attached hydrogens (tertiary/aromatic N) is 1. The summed E-state index contributed by atoms with van der Waals surface area (Å²) in [5.41, 5.74) is 0. The van der Waals surface area contributed by atoms with E-state index in [0.29, 0.717) is 25.4 Å². The molecule has 0 aromatic rings. The molecule has 0 aliphatic carbocycles. The number of rotatable bonds is 6. The number of nitrogens with one attached hydrogen (secondary N) is 2. The predicted molar refractivity (Wildman–Crippen MR) is 58.1 cm³/mol. The molecule has 0 saturated carbocycles. The van der Waals surface area contributed by atoms with E-state index < -0.39 is 0 Å². The van der Waals surface area contributed by atoms with Crippen LogP contribution in [0.2, 0.25) is 0 Å². The van der Waals surface area contributed by atoms with Gasteiger partial charge in [0.1, 0.15) is 0 Å². The molecule has 1 aliphatic rings. The number of carbonyl (C=O) groups is 1. The van der Waals surface area contributed by atoms with E-state index in [9.17, 15) is 4.79 Å². The largest absolute Gasteiger partial charge is 0.356 e. The Hall–Kier alpha value is -1.08. The van der Waals surface area contributed by atoms with Crippen molar-refractivity contribution in [2.45, 2.75) is 44.6 Å². The van der Waals surface area contributed by atoms with Crippen LogP contribution in [0.4, 0.5) is 0 Å². The summed E-state index contributed by atoms with van der Waals surface area (Å²) in [6.07, 6.45) is 5.25. The van der Waals surface area contributed by atoms with Crippen molar-refractivity contribution in [3.63, 3.8) is 0 Å². The van der Waals surface area contributed by atoms with Gasteiger partial charge in [0.25, 0.3) is 0 Å². The van der Waals surface area contributed by atoms with Gasteiger partial charge in [0.2, 0.25) is 5.91 Å². The molecule has 1 atom stereocenters. The van der Waals surface area contributed by atoms with Gasteiger partial charge in [0.05, 0.1) is 6.07 Å². The van der Waals surface area contributed by atoms with Crippen LogP contribution in [-0.2, 0) is 4.79 Å². The van der Waals surface area contributed by atoms with Crippen molar-refractivity contribution in [1.82, 2.24) is 10.6 Å². The minimum Gasteiger partial charge on any atom is -0.356 e. The molecule has 0 bridgehead atoms. The highest BCUT2D eigenvalue weighted by Crippen LogP contribution is 2.08. The summed E-state index contributed by atoms with van der Waals surface area (Å²) in [6, 6.07) is 2.47. The quantitative estimate of drug-likeness (QED) is 0.640. The summed E-state index contributed by atoms with van der Waals surface area (Å²) in [4.78, 5) is 11.4. The highest BCUT2D eigenvalue weighted by molar-refractivity contribution is 5.76. The van der Waals surface area contributed by atoms with E-state index in [0.717, 1.165) is 25.8 Å². The highest BCUT2D eigenvalue weighted by Gasteiger charge is 2.16. The molecule has 1 fully saturated rings. The Morgan fingerprint density at radius 3 is 3.07 bits per heavy atom. The van der Waals surface area contributed by atoms with E-state index in [1.54, 1.807) is 0 Å². The van der Waals surface area contributed by atoms with Gasteiger partial charge in [-0.1, -0.05) is 0 Å². The monoisotopic (exact) mass is 209 g/mol. The summed E-state index contributed by atoms with van der Waals surface area (Å²) in [5.74, 6) is 0.131. The van der Waals surface area contributed by atoms with Gasteiger partial charge in [-0.05, 0) is 32.2 Å². The van der Waals surface area contributed by atoms with Gasteiger partial charge in [-0.25, -0.2) is 0 Å². The van der Waals surface area contributed by atoms with E-state index in [1.165, 1.54) is 6.42 Å². The number of carbonyl (C=O) groups excluding carboxylic acids is 1. The number of hydrogen-bond donors (Lipinski definition) is 2. The van der Waals surface area contributed by atoms with Crippen LogP contribution in [0.1, 0.15) is 38.5 Å². The molecule has 15 heavy (non-hydrogen) atoms. The molecule has 1 amide bonds. The van der Waals surface area contributed by atoms with Crippen LogP contribution in [-0.4, -0.2) is 25.0 Å². The molecule has 1 saturated heterocycles. The first-order chi connectivity index (χ1) is 7.33. The van der Waals surface area contributed by atoms with Crippen LogP contribution < -0.4 is 10.6 Å². The standard InChI is InChI=1S/C11H19N3O/c12-6-2-1-3-7-14-11(15)9-10-5-4-8-13-10/h10,13H,1-5,7-9H2,(H,14,15). The van der Waals surface area contributed by atoms with Crippen LogP contribution in [0.25, 0.3) is 0 Å². The molecule has 0 radical (unpaired) electrons. The molecular weight excluding hydrogens is 190 g/mol. The second kappa shape index (κ2) is 7.24. The zero-order chi connectivity index (χ0) is 10.9. The fraction of sp³-hybridized carbons (Fsp3) is 0.818. The summed E-state index contributed by atoms with van der Waals surface area (Å²) >= 11 is 0. The Morgan fingerprint density at radius 1 is 1.53 bits per heavy atom. The van der Waals surface area contributed by atoms with Gasteiger partial charge in [0, 0.05) is 25.4 Å². The van der Waals surface area contributed by atoms with Crippen molar-refractivity contribution in [1.29, 1.82) is 5.26 Å². The lowest BCUT2D eigenvalue weighted by Gasteiger charge is -2.09. The van der Waals surface area contributed by atoms with Gasteiger partial charge in [0.15, 0.2) is 0 Å². The Morgan fingerprint density at radius 2 is 2.40 bits per heavy atom. The summed E-state index contributed by atoms with van der Waals surface area (Å²) in [6.45, 7) is 1.74. The van der Waals surface area contributed by atoms with Crippen LogP contribution in [0.3, 0.4) is 0 Å². The molecule has 1 heterocycles. The van der Waals surface area contributed by atoms with Crippen molar-refractivity contribution in [3.8, 4) is 6.07 Å². The van der Waals surface area contributed by atoms with Crippen molar-refractivity contribution in [3.05, 3.63) is 0 Å². The van der Waals surface area contributed by atoms with Crippen molar-refractivity contribution < 1.29 is 4.79 Å². The third-order valence-corrected chi connectivity index (χ3v) is 2.63. The third-order valence-electron chi connectivity index (χ3n) is 2.63. The maximum atomic E-state index is 11.4. The van der Waals surface area contributed by atoms with E-state index in [4.69, 9.17) is 5.26 Å². The number of nitriles is 1. The van der Waals surface area contributed by atoms with E-state index in [2.05, 4.69) is 16.7 Å². The molecule has 4 nitrogen and oxygen atoms in total. The Balaban J connectivity index is 1.96. The zero-order valence-corrected chi connectivity index (χ0v) is 9.09. The summed E-state index contributed by atoms with van der Waals surface area (Å²) in [7, 11) is 0. The molecule has 0 spiro atoms. The van der Waals surface area contributed by atoms with Crippen molar-refractivity contribution >= 4 is 5.91 Å². The molecule has 1 aliphatic heterocycles. The average Bonchev–Trinajstić information content (AvgIpc) is 2.70. The fourth-order valence-electron chi connectivity index (χ4n) is 1.78. The van der Waals surface area contributed by atoms with Gasteiger partial charge in [-0.3, -0.25) is 4.79 Å². The lowest BCUT2D eigenvalue weighted by atomic mass is 10.1. The lowest BCUT2D eigenvalue weighted by molar-refractivity contribution is -0.121. The van der Waals surface area contributed by atoms with E-state index >= 15 is 0 Å². The Bertz CT molecular complexity index is 228. The SMILES string of the molecule is N#CCCCCNC(=O)CC1CCCN1. The van der Waals surface area contributed by atoms with Crippen molar-refractivity contribution in [2.75, 3.05) is 13.1 Å². The molecule has 0 aromatic carbocycles. The lowest BCUT2D eigenvalue weighted by Crippen LogP contribution is -2.32. The predicted octanol–water partition coefficient (Wildman–Crippen LogP) is 0.939. The van der Waals surface area contributed by atoms with Crippen LogP contribution in [0.15, 0.2) is 0 Å². The minimum absolute atomic E-state index is 0.131. The smallest absolute Gasteiger partial charge is 0.221 e. The second-order valence-electron chi connectivity index (χ2n) is 3.96. The molecule has 1 rings (SSSR count). The average molecular weight is 209 g/mol. The molecule has 1 unspecified atom stereocenters. The molecule has 2 N–H and O–H groups in total. The first-order valence-electron chi connectivity index (χ1n) is 5.70. The topological polar surface area (TPSA) is 64.9 Å². The zero-order valence-electron chi connectivity index (χ0n) is 9.09. The normalized spacial score (nSPS) is 19.8. The fourth-order valence-corrected chi connectivity index (χ4v) is 1.78. The highest BCUT2D eigenvalue weighted by atomic mass is 16.1. The van der Waals surface area contributed by atoms with Gasteiger partial charge in [-0.2, -0.15) is 5.26 Å². The summed E-state index contributed by atoms with van der Waals surface area (Å²) < 4.78 is 0. The number of amides is 1. The van der Waals surface area contributed by atoms with E-state index in [1.807, 2.05) is 0 Å². The summed E-state index contributed by atoms with van der Waals surface area (Å²) in [5, 5.41) is 14.5. The number of unbranched alkanes of at least 4 members (excludes halogenated alkanes) is 2. The minimum atomic E-state index is 0.131. The Labute approximate surface area is 91.0 Å². The Kier molecular flexibility index (Phi) is 5.79. The van der Waals surface area contributed by atoms with Gasteiger partial charge in [-0.15, -0.1) is 0 Å². The third kappa shape index (κ3) is 5.38.